The average molecular weight is 299 g/mol. The zero-order chi connectivity index (χ0) is 15.0. The van der Waals surface area contributed by atoms with E-state index in [9.17, 15) is 8.42 Å². The van der Waals surface area contributed by atoms with Crippen molar-refractivity contribution < 1.29 is 8.42 Å². The quantitative estimate of drug-likeness (QED) is 0.703. The third kappa shape index (κ3) is 5.98. The fourth-order valence-electron chi connectivity index (χ4n) is 1.85. The van der Waals surface area contributed by atoms with Crippen LogP contribution >= 0.6 is 0 Å². The molecule has 0 saturated carbocycles. The second-order valence-electron chi connectivity index (χ2n) is 4.95. The van der Waals surface area contributed by atoms with E-state index in [0.717, 1.165) is 30.9 Å². The molecule has 0 aliphatic carbocycles. The summed E-state index contributed by atoms with van der Waals surface area (Å²) in [5.41, 5.74) is 1.68. The van der Waals surface area contributed by atoms with E-state index in [2.05, 4.69) is 17.2 Å². The minimum absolute atomic E-state index is 0.173. The molecule has 1 rings (SSSR count). The van der Waals surface area contributed by atoms with Crippen LogP contribution in [0.15, 0.2) is 18.2 Å². The number of hydrogen-bond donors (Lipinski definition) is 1. The largest absolute Gasteiger partial charge is 0.317 e. The van der Waals surface area contributed by atoms with Crippen molar-refractivity contribution in [2.75, 3.05) is 25.9 Å². The number of sulfonamides is 1. The molecule has 5 nitrogen and oxygen atoms in total. The molecule has 0 radical (unpaired) electrons. The van der Waals surface area contributed by atoms with Crippen molar-refractivity contribution in [3.63, 3.8) is 0 Å². The van der Waals surface area contributed by atoms with Crippen molar-refractivity contribution in [1.29, 1.82) is 0 Å². The Bertz CT molecular complexity index is 503. The highest BCUT2D eigenvalue weighted by Crippen LogP contribution is 2.07. The summed E-state index contributed by atoms with van der Waals surface area (Å²) in [5.74, 6) is 0.173. The maximum absolute atomic E-state index is 12.1. The lowest BCUT2D eigenvalue weighted by molar-refractivity contribution is 0.459. The third-order valence-corrected chi connectivity index (χ3v) is 4.87. The Hall–Kier alpha value is -0.980. The van der Waals surface area contributed by atoms with Crippen molar-refractivity contribution in [2.45, 2.75) is 33.2 Å². The summed E-state index contributed by atoms with van der Waals surface area (Å²) in [4.78, 5) is 4.33. The smallest absolute Gasteiger partial charge is 0.214 e. The molecule has 1 heterocycles. The van der Waals surface area contributed by atoms with Crippen LogP contribution in [0.5, 0.6) is 0 Å². The Morgan fingerprint density at radius 1 is 1.30 bits per heavy atom. The Kier molecular flexibility index (Phi) is 7.12. The lowest BCUT2D eigenvalue weighted by Gasteiger charge is -2.17. The number of aromatic nitrogens is 1. The van der Waals surface area contributed by atoms with E-state index in [1.807, 2.05) is 25.1 Å². The first-order valence-corrected chi connectivity index (χ1v) is 8.64. The van der Waals surface area contributed by atoms with Crippen molar-refractivity contribution in [1.82, 2.24) is 14.6 Å². The molecule has 0 aliphatic heterocycles. The first kappa shape index (κ1) is 17.1. The zero-order valence-corrected chi connectivity index (χ0v) is 13.4. The molecule has 0 amide bonds. The van der Waals surface area contributed by atoms with Gasteiger partial charge in [0.15, 0.2) is 0 Å². The Balaban J connectivity index is 2.46. The molecule has 0 unspecified atom stereocenters. The summed E-state index contributed by atoms with van der Waals surface area (Å²) in [6.07, 6.45) is 1.69. The lowest BCUT2D eigenvalue weighted by Crippen LogP contribution is -2.30. The molecule has 1 N–H and O–H groups in total. The van der Waals surface area contributed by atoms with Crippen LogP contribution in [0.1, 0.15) is 31.2 Å². The minimum Gasteiger partial charge on any atom is -0.317 e. The van der Waals surface area contributed by atoms with Gasteiger partial charge in [0.1, 0.15) is 0 Å². The third-order valence-electron chi connectivity index (χ3n) is 2.99. The summed E-state index contributed by atoms with van der Waals surface area (Å²) >= 11 is 0. The van der Waals surface area contributed by atoms with Crippen LogP contribution in [0.2, 0.25) is 0 Å². The van der Waals surface area contributed by atoms with Gasteiger partial charge in [-0.25, -0.2) is 8.42 Å². The Labute approximate surface area is 122 Å². The van der Waals surface area contributed by atoms with Gasteiger partial charge >= 0.3 is 0 Å². The van der Waals surface area contributed by atoms with Gasteiger partial charge in [0.2, 0.25) is 10.0 Å². The minimum atomic E-state index is -3.21. The highest BCUT2D eigenvalue weighted by molar-refractivity contribution is 7.89. The normalized spacial score (nSPS) is 12.0. The molecular weight excluding hydrogens is 274 g/mol. The maximum atomic E-state index is 12.1. The lowest BCUT2D eigenvalue weighted by atomic mass is 10.3. The zero-order valence-electron chi connectivity index (χ0n) is 12.6. The molecule has 0 aliphatic rings. The number of aryl methyl sites for hydroxylation is 1. The van der Waals surface area contributed by atoms with E-state index < -0.39 is 10.0 Å². The molecule has 0 atom stereocenters. The number of pyridine rings is 1. The fraction of sp³-hybridized carbons (Fsp3) is 0.643. The summed E-state index contributed by atoms with van der Waals surface area (Å²) in [6, 6.07) is 5.64. The molecule has 20 heavy (non-hydrogen) atoms. The number of hydrogen-bond acceptors (Lipinski definition) is 4. The van der Waals surface area contributed by atoms with E-state index in [1.165, 1.54) is 4.31 Å². The van der Waals surface area contributed by atoms with Crippen molar-refractivity contribution in [2.24, 2.45) is 0 Å². The van der Waals surface area contributed by atoms with Crippen LogP contribution in [0.3, 0.4) is 0 Å². The van der Waals surface area contributed by atoms with Gasteiger partial charge < -0.3 is 5.32 Å². The van der Waals surface area contributed by atoms with Crippen LogP contribution in [-0.2, 0) is 16.6 Å². The summed E-state index contributed by atoms with van der Waals surface area (Å²) in [5, 5.41) is 3.21. The second-order valence-corrected chi connectivity index (χ2v) is 7.14. The molecule has 1 aromatic heterocycles. The van der Waals surface area contributed by atoms with E-state index in [4.69, 9.17) is 0 Å². The van der Waals surface area contributed by atoms with Gasteiger partial charge in [-0.15, -0.1) is 0 Å². The highest BCUT2D eigenvalue weighted by atomic mass is 32.2. The molecule has 0 bridgehead atoms. The Morgan fingerprint density at radius 3 is 2.70 bits per heavy atom. The molecule has 0 aromatic carbocycles. The van der Waals surface area contributed by atoms with Gasteiger partial charge in [-0.05, 0) is 45.0 Å². The van der Waals surface area contributed by atoms with Crippen LogP contribution in [0, 0.1) is 6.92 Å². The topological polar surface area (TPSA) is 62.3 Å². The van der Waals surface area contributed by atoms with E-state index in [1.54, 1.807) is 7.05 Å². The van der Waals surface area contributed by atoms with Gasteiger partial charge in [0, 0.05) is 12.7 Å². The van der Waals surface area contributed by atoms with Gasteiger partial charge in [0.25, 0.3) is 0 Å². The van der Waals surface area contributed by atoms with Crippen molar-refractivity contribution in [3.8, 4) is 0 Å². The summed E-state index contributed by atoms with van der Waals surface area (Å²) < 4.78 is 25.6. The van der Waals surface area contributed by atoms with E-state index in [0.29, 0.717) is 13.0 Å². The summed E-state index contributed by atoms with van der Waals surface area (Å²) in [6.45, 7) is 5.99. The predicted molar refractivity (Wildman–Crippen MR) is 82.0 cm³/mol. The molecule has 114 valence electrons. The number of rotatable bonds is 9. The second kappa shape index (κ2) is 8.34. The van der Waals surface area contributed by atoms with Crippen LogP contribution in [-0.4, -0.2) is 43.6 Å². The van der Waals surface area contributed by atoms with Gasteiger partial charge in [-0.1, -0.05) is 13.0 Å². The SMILES string of the molecule is CCCNCCCS(=O)(=O)N(C)Cc1cccc(C)n1. The maximum Gasteiger partial charge on any atom is 0.214 e. The predicted octanol–water partition coefficient (Wildman–Crippen LogP) is 1.54. The summed E-state index contributed by atoms with van der Waals surface area (Å²) in [7, 11) is -1.60. The molecule has 6 heteroatoms. The Morgan fingerprint density at radius 2 is 2.05 bits per heavy atom. The molecule has 0 fully saturated rings. The van der Waals surface area contributed by atoms with E-state index in [-0.39, 0.29) is 5.75 Å². The van der Waals surface area contributed by atoms with Gasteiger partial charge in [-0.2, -0.15) is 4.31 Å². The first-order valence-electron chi connectivity index (χ1n) is 7.03. The van der Waals surface area contributed by atoms with E-state index >= 15 is 0 Å². The average Bonchev–Trinajstić information content (AvgIpc) is 2.38. The molecular formula is C14H25N3O2S. The van der Waals surface area contributed by atoms with Crippen LogP contribution in [0.4, 0.5) is 0 Å². The highest BCUT2D eigenvalue weighted by Gasteiger charge is 2.17. The van der Waals surface area contributed by atoms with Crippen LogP contribution in [0.25, 0.3) is 0 Å². The van der Waals surface area contributed by atoms with Gasteiger partial charge in [-0.3, -0.25) is 4.98 Å². The first-order chi connectivity index (χ1) is 9.45. The number of nitrogens with zero attached hydrogens (tertiary/aromatic N) is 2. The van der Waals surface area contributed by atoms with Crippen molar-refractivity contribution in [3.05, 3.63) is 29.6 Å². The van der Waals surface area contributed by atoms with Gasteiger partial charge in [0.05, 0.1) is 18.0 Å². The fourth-order valence-corrected chi connectivity index (χ4v) is 3.00. The molecule has 1 aromatic rings. The number of nitrogens with one attached hydrogen (secondary N) is 1. The molecule has 0 saturated heterocycles. The molecule has 0 spiro atoms. The van der Waals surface area contributed by atoms with Crippen molar-refractivity contribution >= 4 is 10.0 Å². The van der Waals surface area contributed by atoms with Crippen LogP contribution < -0.4 is 5.32 Å². The monoisotopic (exact) mass is 299 g/mol. The standard InChI is InChI=1S/C14H25N3O2S/c1-4-9-15-10-6-11-20(18,19)17(3)12-14-8-5-7-13(2)16-14/h5,7-8,15H,4,6,9-12H2,1-3H3.